The normalized spacial score (nSPS) is 11.7. The third-order valence-corrected chi connectivity index (χ3v) is 3.10. The maximum atomic E-state index is 5.35. The van der Waals surface area contributed by atoms with E-state index in [1.807, 2.05) is 0 Å². The molecule has 0 saturated carbocycles. The van der Waals surface area contributed by atoms with Gasteiger partial charge in [-0.25, -0.2) is 0 Å². The Morgan fingerprint density at radius 2 is 1.67 bits per heavy atom. The molecule has 0 spiro atoms. The molecule has 0 amide bonds. The fourth-order valence-electron chi connectivity index (χ4n) is 2.20. The van der Waals surface area contributed by atoms with E-state index in [4.69, 9.17) is 4.74 Å². The van der Waals surface area contributed by atoms with E-state index in [2.05, 4.69) is 53.3 Å². The highest BCUT2D eigenvalue weighted by Gasteiger charge is 2.22. The number of benzene rings is 1. The lowest BCUT2D eigenvalue weighted by Gasteiger charge is -2.25. The van der Waals surface area contributed by atoms with Gasteiger partial charge < -0.3 is 4.74 Å². The Labute approximate surface area is 98.3 Å². The van der Waals surface area contributed by atoms with E-state index < -0.39 is 0 Å². The molecular formula is C13H20OS. The van der Waals surface area contributed by atoms with E-state index in [1.165, 1.54) is 22.3 Å². The van der Waals surface area contributed by atoms with Crippen LogP contribution in [0, 0.1) is 20.8 Å². The first-order chi connectivity index (χ1) is 6.79. The van der Waals surface area contributed by atoms with Crippen LogP contribution in [-0.4, -0.2) is 7.11 Å². The second-order valence-corrected chi connectivity index (χ2v) is 5.70. The molecule has 1 nitrogen and oxygen atoms in total. The lowest BCUT2D eigenvalue weighted by molar-refractivity contribution is 0.410. The SMILES string of the molecule is COc1cc(C)c(C(C)(C)S)c(C)c1C. The van der Waals surface area contributed by atoms with E-state index in [-0.39, 0.29) is 4.75 Å². The number of methoxy groups -OCH3 is 1. The Hall–Kier alpha value is -0.630. The molecule has 84 valence electrons. The van der Waals surface area contributed by atoms with E-state index >= 15 is 0 Å². The molecule has 0 N–H and O–H groups in total. The van der Waals surface area contributed by atoms with Gasteiger partial charge >= 0.3 is 0 Å². The average Bonchev–Trinajstić information content (AvgIpc) is 2.09. The predicted octanol–water partition coefficient (Wildman–Crippen LogP) is 3.79. The molecule has 15 heavy (non-hydrogen) atoms. The monoisotopic (exact) mass is 224 g/mol. The van der Waals surface area contributed by atoms with E-state index in [0.717, 1.165) is 5.75 Å². The summed E-state index contributed by atoms with van der Waals surface area (Å²) in [4.78, 5) is 0. The van der Waals surface area contributed by atoms with Gasteiger partial charge in [-0.3, -0.25) is 0 Å². The van der Waals surface area contributed by atoms with Gasteiger partial charge in [0.1, 0.15) is 5.75 Å². The van der Waals surface area contributed by atoms with E-state index in [1.54, 1.807) is 7.11 Å². The minimum Gasteiger partial charge on any atom is -0.496 e. The zero-order chi connectivity index (χ0) is 11.8. The number of hydrogen-bond donors (Lipinski definition) is 1. The maximum absolute atomic E-state index is 5.35. The first-order valence-electron chi connectivity index (χ1n) is 5.16. The highest BCUT2D eigenvalue weighted by atomic mass is 32.1. The fraction of sp³-hybridized carbons (Fsp3) is 0.538. The molecule has 0 fully saturated rings. The van der Waals surface area contributed by atoms with Crippen LogP contribution in [0.1, 0.15) is 36.1 Å². The summed E-state index contributed by atoms with van der Waals surface area (Å²) in [6, 6.07) is 2.09. The number of ether oxygens (including phenoxy) is 1. The third kappa shape index (κ3) is 2.31. The minimum atomic E-state index is -0.106. The number of thiol groups is 1. The van der Waals surface area contributed by atoms with Gasteiger partial charge in [-0.2, -0.15) is 12.6 Å². The second-order valence-electron chi connectivity index (χ2n) is 4.58. The summed E-state index contributed by atoms with van der Waals surface area (Å²) in [5, 5.41) is 0. The highest BCUT2D eigenvalue weighted by molar-refractivity contribution is 7.81. The van der Waals surface area contributed by atoms with Crippen LogP contribution >= 0.6 is 12.6 Å². The van der Waals surface area contributed by atoms with Gasteiger partial charge in [0.25, 0.3) is 0 Å². The quantitative estimate of drug-likeness (QED) is 0.752. The van der Waals surface area contributed by atoms with Crippen LogP contribution < -0.4 is 4.74 Å². The molecule has 0 aliphatic heterocycles. The molecule has 2 heteroatoms. The Morgan fingerprint density at radius 1 is 1.13 bits per heavy atom. The average molecular weight is 224 g/mol. The molecular weight excluding hydrogens is 204 g/mol. The molecule has 1 aromatic rings. The Balaban J connectivity index is 3.50. The van der Waals surface area contributed by atoms with E-state index in [0.29, 0.717) is 0 Å². The number of aryl methyl sites for hydroxylation is 1. The summed E-state index contributed by atoms with van der Waals surface area (Å²) in [5.74, 6) is 0.964. The van der Waals surface area contributed by atoms with Crippen LogP contribution in [0.5, 0.6) is 5.75 Å². The molecule has 0 aliphatic rings. The zero-order valence-corrected chi connectivity index (χ0v) is 11.3. The van der Waals surface area contributed by atoms with Gasteiger partial charge in [0, 0.05) is 4.75 Å². The van der Waals surface area contributed by atoms with Gasteiger partial charge in [-0.15, -0.1) is 0 Å². The van der Waals surface area contributed by atoms with Crippen LogP contribution in [0.2, 0.25) is 0 Å². The molecule has 1 aromatic carbocycles. The predicted molar refractivity (Wildman–Crippen MR) is 69.2 cm³/mol. The van der Waals surface area contributed by atoms with Crippen molar-refractivity contribution in [2.75, 3.05) is 7.11 Å². The van der Waals surface area contributed by atoms with Gasteiger partial charge in [0.15, 0.2) is 0 Å². The van der Waals surface area contributed by atoms with Gasteiger partial charge in [0.05, 0.1) is 7.11 Å². The molecule has 1 rings (SSSR count). The van der Waals surface area contributed by atoms with Gasteiger partial charge in [0.2, 0.25) is 0 Å². The van der Waals surface area contributed by atoms with Crippen LogP contribution in [0.4, 0.5) is 0 Å². The minimum absolute atomic E-state index is 0.106. The van der Waals surface area contributed by atoms with Crippen molar-refractivity contribution in [3.8, 4) is 5.75 Å². The van der Waals surface area contributed by atoms with Gasteiger partial charge in [-0.1, -0.05) is 0 Å². The fourth-order valence-corrected chi connectivity index (χ4v) is 2.54. The summed E-state index contributed by atoms with van der Waals surface area (Å²) in [5.41, 5.74) is 5.05. The first-order valence-corrected chi connectivity index (χ1v) is 5.61. The van der Waals surface area contributed by atoms with Crippen molar-refractivity contribution >= 4 is 12.6 Å². The summed E-state index contributed by atoms with van der Waals surface area (Å²) in [7, 11) is 1.72. The summed E-state index contributed by atoms with van der Waals surface area (Å²) < 4.78 is 5.24. The van der Waals surface area contributed by atoms with E-state index in [9.17, 15) is 0 Å². The summed E-state index contributed by atoms with van der Waals surface area (Å²) >= 11 is 4.65. The Kier molecular flexibility index (Phi) is 3.39. The molecule has 0 radical (unpaired) electrons. The third-order valence-electron chi connectivity index (χ3n) is 2.88. The maximum Gasteiger partial charge on any atom is 0.122 e. The summed E-state index contributed by atoms with van der Waals surface area (Å²) in [6.45, 7) is 10.6. The molecule has 0 aliphatic carbocycles. The highest BCUT2D eigenvalue weighted by Crippen LogP contribution is 2.37. The molecule has 0 atom stereocenters. The van der Waals surface area contributed by atoms with Crippen molar-refractivity contribution in [3.05, 3.63) is 28.3 Å². The first kappa shape index (κ1) is 12.4. The van der Waals surface area contributed by atoms with Crippen molar-refractivity contribution in [2.45, 2.75) is 39.4 Å². The second kappa shape index (κ2) is 4.09. The summed E-state index contributed by atoms with van der Waals surface area (Å²) in [6.07, 6.45) is 0. The Morgan fingerprint density at radius 3 is 2.07 bits per heavy atom. The van der Waals surface area contributed by atoms with Crippen LogP contribution in [0.15, 0.2) is 6.07 Å². The lowest BCUT2D eigenvalue weighted by Crippen LogP contribution is -2.13. The molecule has 0 heterocycles. The number of hydrogen-bond acceptors (Lipinski definition) is 2. The van der Waals surface area contributed by atoms with Gasteiger partial charge in [-0.05, 0) is 62.9 Å². The molecule has 0 bridgehead atoms. The Bertz CT molecular complexity index is 375. The molecule has 0 aromatic heterocycles. The van der Waals surface area contributed by atoms with Crippen molar-refractivity contribution < 1.29 is 4.74 Å². The zero-order valence-electron chi connectivity index (χ0n) is 10.4. The lowest BCUT2D eigenvalue weighted by atomic mass is 9.89. The van der Waals surface area contributed by atoms with Crippen molar-refractivity contribution in [3.63, 3.8) is 0 Å². The van der Waals surface area contributed by atoms with Crippen LogP contribution in [0.25, 0.3) is 0 Å². The standard InChI is InChI=1S/C13H20OS/c1-8-7-11(14-6)9(2)10(3)12(8)13(4,5)15/h7,15H,1-6H3. The van der Waals surface area contributed by atoms with Crippen molar-refractivity contribution in [1.82, 2.24) is 0 Å². The number of rotatable bonds is 2. The largest absolute Gasteiger partial charge is 0.496 e. The van der Waals surface area contributed by atoms with Crippen LogP contribution in [0.3, 0.4) is 0 Å². The smallest absolute Gasteiger partial charge is 0.122 e. The van der Waals surface area contributed by atoms with Crippen LogP contribution in [-0.2, 0) is 4.75 Å². The molecule has 0 saturated heterocycles. The van der Waals surface area contributed by atoms with Crippen molar-refractivity contribution in [1.29, 1.82) is 0 Å². The molecule has 0 unspecified atom stereocenters. The van der Waals surface area contributed by atoms with Crippen molar-refractivity contribution in [2.24, 2.45) is 0 Å². The topological polar surface area (TPSA) is 9.23 Å².